The number of hydrogen-bond donors (Lipinski definition) is 0. The molecule has 0 bridgehead atoms. The molecule has 0 aliphatic carbocycles. The van der Waals surface area contributed by atoms with Crippen LogP contribution in [0.25, 0.3) is 55.6 Å². The molecule has 5 aromatic carbocycles. The largest absolute Gasteiger partial charge is 0.501 e. The number of hydrogen-bond acceptors (Lipinski definition) is 3. The van der Waals surface area contributed by atoms with E-state index in [1.807, 2.05) is 91.0 Å². The molecule has 0 atom stereocenters. The second-order valence-electron chi connectivity index (χ2n) is 10.2. The van der Waals surface area contributed by atoms with Crippen LogP contribution in [-0.2, 0) is 26.5 Å². The van der Waals surface area contributed by atoms with Gasteiger partial charge in [0.05, 0.1) is 5.58 Å². The zero-order chi connectivity index (χ0) is 31.3. The molecule has 8 aromatic rings. The minimum Gasteiger partial charge on any atom is -0.501 e. The Morgan fingerprint density at radius 3 is 2.13 bits per heavy atom. The summed E-state index contributed by atoms with van der Waals surface area (Å²) in [5.41, 5.74) is 8.23. The van der Waals surface area contributed by atoms with Gasteiger partial charge in [-0.2, -0.15) is 0 Å². The Morgan fingerprint density at radius 1 is 0.578 bits per heavy atom. The summed E-state index contributed by atoms with van der Waals surface area (Å²) < 4.78 is 23.8. The molecule has 3 nitrogen and oxygen atoms in total. The van der Waals surface area contributed by atoms with E-state index in [-0.39, 0.29) is 20.1 Å². The summed E-state index contributed by atoms with van der Waals surface area (Å²) >= 11 is 0. The Bertz CT molecular complexity index is 2190. The second kappa shape index (κ2) is 14.1. The van der Waals surface area contributed by atoms with Crippen molar-refractivity contribution in [1.82, 2.24) is 9.97 Å². The van der Waals surface area contributed by atoms with Gasteiger partial charge in [-0.05, 0) is 58.2 Å². The number of rotatable bonds is 5. The molecule has 8 rings (SSSR count). The van der Waals surface area contributed by atoms with E-state index in [0.717, 1.165) is 44.3 Å². The third-order valence-electron chi connectivity index (χ3n) is 7.27. The van der Waals surface area contributed by atoms with Crippen LogP contribution in [0.1, 0.15) is 13.9 Å². The normalized spacial score (nSPS) is 11.6. The monoisotopic (exact) mass is 759 g/mol. The predicted octanol–water partition coefficient (Wildman–Crippen LogP) is 10.3. The summed E-state index contributed by atoms with van der Waals surface area (Å²) in [6.45, 7) is 0. The first kappa shape index (κ1) is 27.4. The van der Waals surface area contributed by atoms with Crippen LogP contribution in [0.3, 0.4) is 0 Å². The standard InChI is InChI=1S/C30H20NO.C11H8N.Ir/c1-3-8-21(9-4-1)18-22-16-17-31-28(19-22)27-13-7-12-26-25-15-14-24(20-29(25)32-30(26)27)23-10-5-2-6-11-23;1-2-6-10(7-3-1)11-8-4-5-9-12-11;/h1-12,14-17,19-20H,18H2;1-6,8-9H;/q2*-1;/i18D2;;. The van der Waals surface area contributed by atoms with Gasteiger partial charge in [-0.25, -0.2) is 0 Å². The van der Waals surface area contributed by atoms with Crippen molar-refractivity contribution in [2.24, 2.45) is 0 Å². The maximum atomic E-state index is 8.73. The molecule has 3 aromatic heterocycles. The van der Waals surface area contributed by atoms with Gasteiger partial charge < -0.3 is 14.4 Å². The molecule has 219 valence electrons. The number of fused-ring (bicyclic) bond motifs is 3. The van der Waals surface area contributed by atoms with E-state index in [0.29, 0.717) is 22.4 Å². The van der Waals surface area contributed by atoms with Crippen LogP contribution in [0.2, 0.25) is 0 Å². The van der Waals surface area contributed by atoms with Crippen LogP contribution in [0.15, 0.2) is 162 Å². The summed E-state index contributed by atoms with van der Waals surface area (Å²) in [5.74, 6) is 0. The molecule has 0 aliphatic heterocycles. The molecule has 4 heteroatoms. The number of aromatic nitrogens is 2. The molecular formula is C41H28IrN2O-2. The number of benzene rings is 5. The fourth-order valence-electron chi connectivity index (χ4n) is 5.15. The molecule has 0 spiro atoms. The average molecular weight is 759 g/mol. The molecule has 45 heavy (non-hydrogen) atoms. The summed E-state index contributed by atoms with van der Waals surface area (Å²) in [5, 5.41) is 2.02. The Hall–Kier alpha value is -5.15. The van der Waals surface area contributed by atoms with Gasteiger partial charge in [0, 0.05) is 40.6 Å². The maximum absolute atomic E-state index is 8.73. The summed E-state index contributed by atoms with van der Waals surface area (Å²) in [4.78, 5) is 8.76. The van der Waals surface area contributed by atoms with Crippen LogP contribution >= 0.6 is 0 Å². The number of nitrogens with zero attached hydrogens (tertiary/aromatic N) is 2. The Balaban J connectivity index is 0.000000250. The van der Waals surface area contributed by atoms with Crippen molar-refractivity contribution in [1.29, 1.82) is 0 Å². The van der Waals surface area contributed by atoms with Crippen molar-refractivity contribution < 1.29 is 27.3 Å². The van der Waals surface area contributed by atoms with Crippen molar-refractivity contribution in [2.75, 3.05) is 0 Å². The smallest absolute Gasteiger partial charge is 0.121 e. The van der Waals surface area contributed by atoms with Gasteiger partial charge >= 0.3 is 0 Å². The van der Waals surface area contributed by atoms with Crippen LogP contribution in [0.4, 0.5) is 0 Å². The van der Waals surface area contributed by atoms with Crippen LogP contribution < -0.4 is 0 Å². The fourth-order valence-corrected chi connectivity index (χ4v) is 5.15. The summed E-state index contributed by atoms with van der Waals surface area (Å²) in [6, 6.07) is 53.2. The quantitative estimate of drug-likeness (QED) is 0.164. The van der Waals surface area contributed by atoms with Crippen LogP contribution in [0, 0.1) is 12.1 Å². The zero-order valence-corrected chi connectivity index (χ0v) is 26.5. The van der Waals surface area contributed by atoms with Crippen LogP contribution in [-0.4, -0.2) is 9.97 Å². The molecule has 0 saturated heterocycles. The van der Waals surface area contributed by atoms with Gasteiger partial charge in [0.1, 0.15) is 5.58 Å². The van der Waals surface area contributed by atoms with E-state index in [2.05, 4.69) is 52.4 Å². The van der Waals surface area contributed by atoms with Gasteiger partial charge in [-0.3, -0.25) is 0 Å². The Morgan fingerprint density at radius 2 is 1.36 bits per heavy atom. The third kappa shape index (κ3) is 6.84. The topological polar surface area (TPSA) is 38.9 Å². The first-order valence-corrected chi connectivity index (χ1v) is 14.4. The molecule has 3 heterocycles. The maximum Gasteiger partial charge on any atom is 0.121 e. The van der Waals surface area contributed by atoms with E-state index in [9.17, 15) is 0 Å². The molecule has 0 aliphatic rings. The van der Waals surface area contributed by atoms with Crippen molar-refractivity contribution in [3.05, 3.63) is 181 Å². The minimum atomic E-state index is -1.65. The molecule has 0 N–H and O–H groups in total. The van der Waals surface area contributed by atoms with E-state index in [1.165, 1.54) is 0 Å². The van der Waals surface area contributed by atoms with Gasteiger partial charge in [-0.1, -0.05) is 102 Å². The summed E-state index contributed by atoms with van der Waals surface area (Å²) in [7, 11) is 0. The van der Waals surface area contributed by atoms with Gasteiger partial charge in [-0.15, -0.1) is 54.1 Å². The van der Waals surface area contributed by atoms with Crippen molar-refractivity contribution in [3.8, 4) is 33.6 Å². The molecule has 1 radical (unpaired) electrons. The van der Waals surface area contributed by atoms with E-state index in [4.69, 9.17) is 7.16 Å². The minimum absolute atomic E-state index is 0. The SMILES string of the molecule is [2H]C([2H])(c1ccccc1)c1ccnc(-c2[c-]ccc3c2oc2cc(-c4ccccc4)ccc23)c1.[Ir].[c-]1ccccc1-c1ccccn1. The van der Waals surface area contributed by atoms with Gasteiger partial charge in [0.25, 0.3) is 0 Å². The van der Waals surface area contributed by atoms with Crippen LogP contribution in [0.5, 0.6) is 0 Å². The number of pyridine rings is 2. The Labute approximate surface area is 279 Å². The fraction of sp³-hybridized carbons (Fsp3) is 0.0244. The van der Waals surface area contributed by atoms with E-state index >= 15 is 0 Å². The molecule has 0 fully saturated rings. The Kier molecular flexibility index (Phi) is 8.58. The average Bonchev–Trinajstić information content (AvgIpc) is 3.52. The van der Waals surface area contributed by atoms with E-state index in [1.54, 1.807) is 36.7 Å². The number of furan rings is 1. The summed E-state index contributed by atoms with van der Waals surface area (Å²) in [6.07, 6.45) is 1.79. The zero-order valence-electron chi connectivity index (χ0n) is 26.1. The first-order chi connectivity index (χ1) is 22.6. The van der Waals surface area contributed by atoms with E-state index < -0.39 is 6.37 Å². The molecular weight excluding hydrogens is 729 g/mol. The predicted molar refractivity (Wildman–Crippen MR) is 179 cm³/mol. The van der Waals surface area contributed by atoms with Gasteiger partial charge in [0.15, 0.2) is 0 Å². The molecule has 0 amide bonds. The third-order valence-corrected chi connectivity index (χ3v) is 7.27. The van der Waals surface area contributed by atoms with Gasteiger partial charge in [0.2, 0.25) is 0 Å². The van der Waals surface area contributed by atoms with Crippen molar-refractivity contribution >= 4 is 21.9 Å². The first-order valence-electron chi connectivity index (χ1n) is 15.4. The van der Waals surface area contributed by atoms with Crippen molar-refractivity contribution in [3.63, 3.8) is 0 Å². The second-order valence-corrected chi connectivity index (χ2v) is 10.2. The molecule has 0 saturated carbocycles. The molecule has 0 unspecified atom stereocenters. The van der Waals surface area contributed by atoms with Crippen molar-refractivity contribution in [2.45, 2.75) is 6.37 Å².